The number of rotatable bonds is 3. The van der Waals surface area contributed by atoms with Crippen molar-refractivity contribution < 1.29 is 0 Å². The molecule has 0 aliphatic carbocycles. The van der Waals surface area contributed by atoms with Gasteiger partial charge < -0.3 is 10.6 Å². The Balaban J connectivity index is 1.85. The molecule has 4 heteroatoms. The van der Waals surface area contributed by atoms with Crippen molar-refractivity contribution in [2.75, 3.05) is 5.32 Å². The molecule has 92 valence electrons. The van der Waals surface area contributed by atoms with Crippen LogP contribution in [-0.4, -0.2) is 10.1 Å². The molecule has 0 spiro atoms. The number of aryl methyl sites for hydroxylation is 1. The van der Waals surface area contributed by atoms with Crippen LogP contribution in [0.5, 0.6) is 0 Å². The number of aromatic nitrogens is 1. The normalized spacial score (nSPS) is 9.83. The van der Waals surface area contributed by atoms with Gasteiger partial charge in [0.25, 0.3) is 0 Å². The number of benzene rings is 1. The Morgan fingerprint density at radius 1 is 1.22 bits per heavy atom. The predicted octanol–water partition coefficient (Wildman–Crippen LogP) is 2.88. The van der Waals surface area contributed by atoms with E-state index in [4.69, 9.17) is 12.2 Å². The van der Waals surface area contributed by atoms with Crippen LogP contribution in [0.1, 0.15) is 11.1 Å². The van der Waals surface area contributed by atoms with E-state index in [-0.39, 0.29) is 0 Å². The molecule has 2 aromatic rings. The van der Waals surface area contributed by atoms with Crippen LogP contribution in [0.2, 0.25) is 0 Å². The Bertz CT molecular complexity index is 526. The highest BCUT2D eigenvalue weighted by atomic mass is 32.1. The van der Waals surface area contributed by atoms with Gasteiger partial charge in [-0.15, -0.1) is 0 Å². The third-order valence-electron chi connectivity index (χ3n) is 2.47. The highest BCUT2D eigenvalue weighted by Crippen LogP contribution is 2.05. The SMILES string of the molecule is Cc1cccc(CNC(=S)Nc2ccncc2)c1. The molecule has 2 N–H and O–H groups in total. The maximum atomic E-state index is 5.23. The molecule has 18 heavy (non-hydrogen) atoms. The summed E-state index contributed by atoms with van der Waals surface area (Å²) in [6.45, 7) is 2.80. The van der Waals surface area contributed by atoms with E-state index in [1.807, 2.05) is 18.2 Å². The first-order chi connectivity index (χ1) is 8.74. The Morgan fingerprint density at radius 2 is 2.00 bits per heavy atom. The van der Waals surface area contributed by atoms with Crippen molar-refractivity contribution in [1.29, 1.82) is 0 Å². The van der Waals surface area contributed by atoms with Gasteiger partial charge in [0.15, 0.2) is 5.11 Å². The van der Waals surface area contributed by atoms with Gasteiger partial charge >= 0.3 is 0 Å². The Kier molecular flexibility index (Phi) is 4.25. The van der Waals surface area contributed by atoms with Crippen LogP contribution in [0.3, 0.4) is 0 Å². The van der Waals surface area contributed by atoms with Crippen LogP contribution < -0.4 is 10.6 Å². The van der Waals surface area contributed by atoms with E-state index < -0.39 is 0 Å². The lowest BCUT2D eigenvalue weighted by molar-refractivity contribution is 0.924. The third-order valence-corrected chi connectivity index (χ3v) is 2.72. The van der Waals surface area contributed by atoms with E-state index in [9.17, 15) is 0 Å². The Morgan fingerprint density at radius 3 is 2.72 bits per heavy atom. The lowest BCUT2D eigenvalue weighted by Crippen LogP contribution is -2.27. The zero-order chi connectivity index (χ0) is 12.8. The minimum atomic E-state index is 0.614. The first kappa shape index (κ1) is 12.5. The molecule has 0 bridgehead atoms. The lowest BCUT2D eigenvalue weighted by Gasteiger charge is -2.10. The highest BCUT2D eigenvalue weighted by Gasteiger charge is 1.97. The average Bonchev–Trinajstić information content (AvgIpc) is 2.38. The van der Waals surface area contributed by atoms with E-state index >= 15 is 0 Å². The minimum Gasteiger partial charge on any atom is -0.358 e. The maximum Gasteiger partial charge on any atom is 0.171 e. The lowest BCUT2D eigenvalue weighted by atomic mass is 10.1. The monoisotopic (exact) mass is 257 g/mol. The summed E-state index contributed by atoms with van der Waals surface area (Å²) < 4.78 is 0. The third kappa shape index (κ3) is 3.82. The van der Waals surface area contributed by atoms with Gasteiger partial charge in [-0.2, -0.15) is 0 Å². The van der Waals surface area contributed by atoms with Gasteiger partial charge in [0.05, 0.1) is 0 Å². The largest absolute Gasteiger partial charge is 0.358 e. The average molecular weight is 257 g/mol. The van der Waals surface area contributed by atoms with Gasteiger partial charge in [-0.05, 0) is 36.8 Å². The van der Waals surface area contributed by atoms with Crippen LogP contribution in [0.15, 0.2) is 48.8 Å². The van der Waals surface area contributed by atoms with Gasteiger partial charge in [0, 0.05) is 24.6 Å². The molecular formula is C14H15N3S. The molecule has 1 aromatic carbocycles. The van der Waals surface area contributed by atoms with Gasteiger partial charge in [-0.1, -0.05) is 29.8 Å². The van der Waals surface area contributed by atoms with E-state index in [2.05, 4.69) is 40.7 Å². The second kappa shape index (κ2) is 6.12. The first-order valence-corrected chi connectivity index (χ1v) is 6.15. The fraction of sp³-hybridized carbons (Fsp3) is 0.143. The number of nitrogens with zero attached hydrogens (tertiary/aromatic N) is 1. The number of pyridine rings is 1. The van der Waals surface area contributed by atoms with Crippen molar-refractivity contribution in [3.63, 3.8) is 0 Å². The molecule has 0 atom stereocenters. The van der Waals surface area contributed by atoms with Crippen LogP contribution >= 0.6 is 12.2 Å². The predicted molar refractivity (Wildman–Crippen MR) is 78.5 cm³/mol. The second-order valence-corrected chi connectivity index (χ2v) is 4.44. The van der Waals surface area contributed by atoms with Crippen LogP contribution in [0.25, 0.3) is 0 Å². The molecule has 0 amide bonds. The van der Waals surface area contributed by atoms with E-state index in [1.165, 1.54) is 11.1 Å². The smallest absolute Gasteiger partial charge is 0.171 e. The minimum absolute atomic E-state index is 0.614. The first-order valence-electron chi connectivity index (χ1n) is 5.74. The fourth-order valence-electron chi connectivity index (χ4n) is 1.61. The molecule has 2 rings (SSSR count). The van der Waals surface area contributed by atoms with Gasteiger partial charge in [0.1, 0.15) is 0 Å². The van der Waals surface area contributed by atoms with Crippen molar-refractivity contribution in [3.05, 3.63) is 59.9 Å². The Hall–Kier alpha value is -1.94. The fourth-order valence-corrected chi connectivity index (χ4v) is 1.81. The molecule has 1 heterocycles. The molecule has 0 aliphatic heterocycles. The van der Waals surface area contributed by atoms with Gasteiger partial charge in [-0.25, -0.2) is 0 Å². The van der Waals surface area contributed by atoms with Crippen molar-refractivity contribution in [1.82, 2.24) is 10.3 Å². The summed E-state index contributed by atoms with van der Waals surface area (Å²) in [7, 11) is 0. The number of anilines is 1. The zero-order valence-corrected chi connectivity index (χ0v) is 11.0. The highest BCUT2D eigenvalue weighted by molar-refractivity contribution is 7.80. The quantitative estimate of drug-likeness (QED) is 0.829. The maximum absolute atomic E-state index is 5.23. The second-order valence-electron chi connectivity index (χ2n) is 4.03. The summed E-state index contributed by atoms with van der Waals surface area (Å²) in [5.74, 6) is 0. The number of hydrogen-bond acceptors (Lipinski definition) is 2. The van der Waals surface area contributed by atoms with Crippen molar-refractivity contribution in [2.24, 2.45) is 0 Å². The summed E-state index contributed by atoms with van der Waals surface area (Å²) in [4.78, 5) is 3.95. The van der Waals surface area contributed by atoms with Crippen molar-refractivity contribution in [2.45, 2.75) is 13.5 Å². The molecule has 0 fully saturated rings. The molecule has 0 aliphatic rings. The van der Waals surface area contributed by atoms with Crippen molar-refractivity contribution >= 4 is 23.0 Å². The summed E-state index contributed by atoms with van der Waals surface area (Å²) in [5, 5.41) is 6.90. The van der Waals surface area contributed by atoms with Gasteiger partial charge in [-0.3, -0.25) is 4.98 Å². The van der Waals surface area contributed by atoms with Gasteiger partial charge in [0.2, 0.25) is 0 Å². The van der Waals surface area contributed by atoms with Crippen LogP contribution in [0, 0.1) is 6.92 Å². The summed E-state index contributed by atoms with van der Waals surface area (Å²) >= 11 is 5.23. The molecule has 0 saturated heterocycles. The zero-order valence-electron chi connectivity index (χ0n) is 10.2. The molecule has 3 nitrogen and oxygen atoms in total. The Labute approximate surface area is 112 Å². The summed E-state index contributed by atoms with van der Waals surface area (Å²) in [6, 6.07) is 12.1. The summed E-state index contributed by atoms with van der Waals surface area (Å²) in [5.41, 5.74) is 3.41. The molecular weight excluding hydrogens is 242 g/mol. The van der Waals surface area contributed by atoms with Crippen LogP contribution in [0.4, 0.5) is 5.69 Å². The molecule has 0 saturated carbocycles. The number of thiocarbonyl (C=S) groups is 1. The number of nitrogens with one attached hydrogen (secondary N) is 2. The standard InChI is InChI=1S/C14H15N3S/c1-11-3-2-4-12(9-11)10-16-14(18)17-13-5-7-15-8-6-13/h2-9H,10H2,1H3,(H2,15,16,17,18). The summed E-state index contributed by atoms with van der Waals surface area (Å²) in [6.07, 6.45) is 3.46. The van der Waals surface area contributed by atoms with E-state index in [1.54, 1.807) is 12.4 Å². The van der Waals surface area contributed by atoms with E-state index in [0.717, 1.165) is 12.2 Å². The number of hydrogen-bond donors (Lipinski definition) is 2. The molecule has 0 radical (unpaired) electrons. The topological polar surface area (TPSA) is 37.0 Å². The molecule has 1 aromatic heterocycles. The van der Waals surface area contributed by atoms with E-state index in [0.29, 0.717) is 5.11 Å². The van der Waals surface area contributed by atoms with Crippen molar-refractivity contribution in [3.8, 4) is 0 Å². The van der Waals surface area contributed by atoms with Crippen LogP contribution in [-0.2, 0) is 6.54 Å². The molecule has 0 unspecified atom stereocenters.